The van der Waals surface area contributed by atoms with Gasteiger partial charge in [0, 0.05) is 55.7 Å². The largest absolute Gasteiger partial charge is 0.350 e. The number of nitrogens with zero attached hydrogens (tertiary/aromatic N) is 3. The van der Waals surface area contributed by atoms with Gasteiger partial charge in [0.05, 0.1) is 6.33 Å². The molecule has 2 aromatic heterocycles. The van der Waals surface area contributed by atoms with Crippen LogP contribution in [0.25, 0.3) is 10.9 Å². The highest BCUT2D eigenvalue weighted by molar-refractivity contribution is 5.83. The van der Waals surface area contributed by atoms with Crippen molar-refractivity contribution in [3.8, 4) is 0 Å². The maximum absolute atomic E-state index is 4.07. The molecule has 1 aromatic carbocycles. The van der Waals surface area contributed by atoms with Crippen molar-refractivity contribution < 1.29 is 0 Å². The Hall–Kier alpha value is -2.07. The van der Waals surface area contributed by atoms with E-state index in [1.807, 2.05) is 18.7 Å². The average Bonchev–Trinajstić information content (AvgIpc) is 3.06. The van der Waals surface area contributed by atoms with Crippen molar-refractivity contribution in [2.24, 2.45) is 7.05 Å². The van der Waals surface area contributed by atoms with E-state index in [-0.39, 0.29) is 0 Å². The standard InChI is InChI=1S/C16H20N4/c1-13(10-20-8-7-17-12-20)18-9-14-11-19(2)16-6-4-3-5-15(14)16/h3-8,11-13,18H,9-10H2,1-2H3. The highest BCUT2D eigenvalue weighted by atomic mass is 15.1. The second kappa shape index (κ2) is 5.51. The molecular formula is C16H20N4. The maximum Gasteiger partial charge on any atom is 0.0946 e. The maximum atomic E-state index is 4.07. The summed E-state index contributed by atoms with van der Waals surface area (Å²) in [7, 11) is 2.10. The Balaban J connectivity index is 1.68. The van der Waals surface area contributed by atoms with E-state index in [1.54, 1.807) is 0 Å². The van der Waals surface area contributed by atoms with Gasteiger partial charge in [-0.15, -0.1) is 0 Å². The summed E-state index contributed by atoms with van der Waals surface area (Å²) in [6.07, 6.45) is 7.88. The van der Waals surface area contributed by atoms with E-state index in [1.165, 1.54) is 16.5 Å². The highest BCUT2D eigenvalue weighted by Crippen LogP contribution is 2.20. The molecule has 104 valence electrons. The minimum Gasteiger partial charge on any atom is -0.350 e. The predicted octanol–water partition coefficient (Wildman–Crippen LogP) is 2.55. The monoisotopic (exact) mass is 268 g/mol. The average molecular weight is 268 g/mol. The van der Waals surface area contributed by atoms with Crippen LogP contribution in [0.4, 0.5) is 0 Å². The Labute approximate surface area is 119 Å². The van der Waals surface area contributed by atoms with Gasteiger partial charge < -0.3 is 14.5 Å². The summed E-state index contributed by atoms with van der Waals surface area (Å²) in [6, 6.07) is 8.94. The zero-order valence-electron chi connectivity index (χ0n) is 12.0. The zero-order valence-corrected chi connectivity index (χ0v) is 12.0. The lowest BCUT2D eigenvalue weighted by Gasteiger charge is -2.14. The molecule has 0 bridgehead atoms. The number of hydrogen-bond acceptors (Lipinski definition) is 2. The highest BCUT2D eigenvalue weighted by Gasteiger charge is 2.07. The number of benzene rings is 1. The summed E-state index contributed by atoms with van der Waals surface area (Å²) in [6.45, 7) is 4.02. The molecule has 1 N–H and O–H groups in total. The quantitative estimate of drug-likeness (QED) is 0.771. The van der Waals surface area contributed by atoms with Crippen LogP contribution in [0, 0.1) is 0 Å². The molecule has 0 aliphatic carbocycles. The summed E-state index contributed by atoms with van der Waals surface area (Å²) >= 11 is 0. The number of imidazole rings is 1. The molecule has 0 fully saturated rings. The Morgan fingerprint density at radius 3 is 2.95 bits per heavy atom. The van der Waals surface area contributed by atoms with Crippen LogP contribution in [0.1, 0.15) is 12.5 Å². The molecule has 20 heavy (non-hydrogen) atoms. The van der Waals surface area contributed by atoms with Crippen molar-refractivity contribution in [3.05, 3.63) is 54.7 Å². The van der Waals surface area contributed by atoms with E-state index in [0.717, 1.165) is 13.1 Å². The molecule has 0 radical (unpaired) electrons. The van der Waals surface area contributed by atoms with Crippen molar-refractivity contribution in [2.45, 2.75) is 26.1 Å². The molecule has 3 aromatic rings. The number of fused-ring (bicyclic) bond motifs is 1. The fourth-order valence-electron chi connectivity index (χ4n) is 2.63. The number of para-hydroxylation sites is 1. The lowest BCUT2D eigenvalue weighted by atomic mass is 10.1. The van der Waals surface area contributed by atoms with Crippen molar-refractivity contribution in [1.29, 1.82) is 0 Å². The molecule has 4 heteroatoms. The van der Waals surface area contributed by atoms with Crippen LogP contribution in [0.15, 0.2) is 49.2 Å². The SMILES string of the molecule is CC(Cn1ccnc1)NCc1cn(C)c2ccccc12. The third kappa shape index (κ3) is 2.60. The van der Waals surface area contributed by atoms with E-state index in [9.17, 15) is 0 Å². The molecule has 0 spiro atoms. The Kier molecular flexibility index (Phi) is 3.56. The van der Waals surface area contributed by atoms with Gasteiger partial charge in [0.1, 0.15) is 0 Å². The number of aromatic nitrogens is 3. The topological polar surface area (TPSA) is 34.8 Å². The summed E-state index contributed by atoms with van der Waals surface area (Å²) in [5, 5.41) is 4.91. The fourth-order valence-corrected chi connectivity index (χ4v) is 2.63. The van der Waals surface area contributed by atoms with E-state index in [2.05, 4.69) is 63.9 Å². The lowest BCUT2D eigenvalue weighted by Crippen LogP contribution is -2.29. The first kappa shape index (κ1) is 12.9. The van der Waals surface area contributed by atoms with Gasteiger partial charge in [-0.1, -0.05) is 18.2 Å². The normalized spacial score (nSPS) is 12.9. The molecule has 0 saturated heterocycles. The molecule has 3 rings (SSSR count). The molecule has 2 heterocycles. The predicted molar refractivity (Wildman–Crippen MR) is 81.4 cm³/mol. The van der Waals surface area contributed by atoms with E-state index in [0.29, 0.717) is 6.04 Å². The van der Waals surface area contributed by atoms with Crippen molar-refractivity contribution in [1.82, 2.24) is 19.4 Å². The molecule has 0 saturated carbocycles. The second-order valence-electron chi connectivity index (χ2n) is 5.32. The third-order valence-electron chi connectivity index (χ3n) is 3.66. The van der Waals surface area contributed by atoms with E-state index in [4.69, 9.17) is 0 Å². The van der Waals surface area contributed by atoms with Crippen molar-refractivity contribution >= 4 is 10.9 Å². The van der Waals surface area contributed by atoms with Crippen molar-refractivity contribution in [2.75, 3.05) is 0 Å². The minimum atomic E-state index is 0.406. The van der Waals surface area contributed by atoms with E-state index < -0.39 is 0 Å². The first-order valence-electron chi connectivity index (χ1n) is 6.96. The fraction of sp³-hybridized carbons (Fsp3) is 0.312. The lowest BCUT2D eigenvalue weighted by molar-refractivity contribution is 0.477. The molecule has 1 atom stereocenters. The first-order chi connectivity index (χ1) is 9.74. The summed E-state index contributed by atoms with van der Waals surface area (Å²) < 4.78 is 4.29. The van der Waals surface area contributed by atoms with Gasteiger partial charge in [-0.2, -0.15) is 0 Å². The third-order valence-corrected chi connectivity index (χ3v) is 3.66. The van der Waals surface area contributed by atoms with Gasteiger partial charge in [-0.25, -0.2) is 4.98 Å². The first-order valence-corrected chi connectivity index (χ1v) is 6.96. The summed E-state index contributed by atoms with van der Waals surface area (Å²) in [5.41, 5.74) is 2.63. The second-order valence-corrected chi connectivity index (χ2v) is 5.32. The summed E-state index contributed by atoms with van der Waals surface area (Å²) in [4.78, 5) is 4.07. The molecular weight excluding hydrogens is 248 g/mol. The van der Waals surface area contributed by atoms with Gasteiger partial charge in [0.25, 0.3) is 0 Å². The van der Waals surface area contributed by atoms with Gasteiger partial charge in [0.15, 0.2) is 0 Å². The van der Waals surface area contributed by atoms with Crippen LogP contribution < -0.4 is 5.32 Å². The molecule has 0 aliphatic rings. The van der Waals surface area contributed by atoms with Crippen LogP contribution in [-0.2, 0) is 20.1 Å². The van der Waals surface area contributed by atoms with Gasteiger partial charge in [-0.05, 0) is 18.6 Å². The van der Waals surface area contributed by atoms with Crippen LogP contribution in [0.3, 0.4) is 0 Å². The number of aryl methyl sites for hydroxylation is 1. The van der Waals surface area contributed by atoms with Gasteiger partial charge in [-0.3, -0.25) is 0 Å². The summed E-state index contributed by atoms with van der Waals surface area (Å²) in [5.74, 6) is 0. The van der Waals surface area contributed by atoms with Crippen LogP contribution in [0.2, 0.25) is 0 Å². The zero-order chi connectivity index (χ0) is 13.9. The minimum absolute atomic E-state index is 0.406. The Morgan fingerprint density at radius 1 is 1.30 bits per heavy atom. The Morgan fingerprint density at radius 2 is 2.15 bits per heavy atom. The van der Waals surface area contributed by atoms with Crippen molar-refractivity contribution in [3.63, 3.8) is 0 Å². The van der Waals surface area contributed by atoms with Crippen LogP contribution in [0.5, 0.6) is 0 Å². The Bertz CT molecular complexity index is 682. The van der Waals surface area contributed by atoms with Crippen LogP contribution >= 0.6 is 0 Å². The number of rotatable bonds is 5. The molecule has 1 unspecified atom stereocenters. The smallest absolute Gasteiger partial charge is 0.0946 e. The van der Waals surface area contributed by atoms with Crippen LogP contribution in [-0.4, -0.2) is 20.2 Å². The molecule has 0 aliphatic heterocycles. The molecule has 4 nitrogen and oxygen atoms in total. The van der Waals surface area contributed by atoms with E-state index >= 15 is 0 Å². The number of hydrogen-bond donors (Lipinski definition) is 1. The number of nitrogens with one attached hydrogen (secondary N) is 1. The molecule has 0 amide bonds. The van der Waals surface area contributed by atoms with Gasteiger partial charge in [0.2, 0.25) is 0 Å². The van der Waals surface area contributed by atoms with Gasteiger partial charge >= 0.3 is 0 Å².